The lowest BCUT2D eigenvalue weighted by Crippen LogP contribution is -2.26. The van der Waals surface area contributed by atoms with E-state index in [1.807, 2.05) is 44.2 Å². The van der Waals surface area contributed by atoms with Gasteiger partial charge in [0.15, 0.2) is 5.70 Å². The van der Waals surface area contributed by atoms with Crippen LogP contribution in [0.25, 0.3) is 0 Å². The van der Waals surface area contributed by atoms with Gasteiger partial charge in [-0.15, -0.1) is 0 Å². The van der Waals surface area contributed by atoms with Crippen LogP contribution < -0.4 is 0 Å². The number of carbonyl (C=O) groups excluding carboxylic acids is 1. The number of carboxylic acids is 1. The van der Waals surface area contributed by atoms with E-state index in [0.29, 0.717) is 18.7 Å². The molecule has 1 aromatic rings. The van der Waals surface area contributed by atoms with Crippen LogP contribution in [0, 0.1) is 5.92 Å². The largest absolute Gasteiger partial charge is 0.477 e. The quantitative estimate of drug-likeness (QED) is 0.450. The van der Waals surface area contributed by atoms with Gasteiger partial charge in [-0.2, -0.15) is 5.06 Å². The number of benzene rings is 1. The summed E-state index contributed by atoms with van der Waals surface area (Å²) in [7, 11) is 0. The van der Waals surface area contributed by atoms with E-state index >= 15 is 0 Å². The maximum Gasteiger partial charge on any atom is 0.354 e. The molecule has 108 valence electrons. The molecule has 1 N–H and O–H groups in total. The average molecular weight is 277 g/mol. The third-order valence-electron chi connectivity index (χ3n) is 2.55. The van der Waals surface area contributed by atoms with Crippen molar-refractivity contribution < 1.29 is 19.5 Å². The molecule has 0 aliphatic rings. The van der Waals surface area contributed by atoms with Gasteiger partial charge in [-0.3, -0.25) is 9.63 Å². The second-order valence-electron chi connectivity index (χ2n) is 4.71. The Morgan fingerprint density at radius 1 is 1.35 bits per heavy atom. The SMILES string of the molecule is CC(C)C/C=C(\C(=O)O)N(C=O)OCc1ccccc1. The lowest BCUT2D eigenvalue weighted by atomic mass is 10.1. The first kappa shape index (κ1) is 15.9. The van der Waals surface area contributed by atoms with Gasteiger partial charge in [0.2, 0.25) is 6.41 Å². The van der Waals surface area contributed by atoms with Gasteiger partial charge < -0.3 is 5.11 Å². The minimum atomic E-state index is -1.19. The van der Waals surface area contributed by atoms with E-state index in [1.54, 1.807) is 0 Å². The molecule has 0 unspecified atom stereocenters. The van der Waals surface area contributed by atoms with Crippen LogP contribution in [0.2, 0.25) is 0 Å². The number of carboxylic acid groups (broad SMARTS) is 1. The molecule has 0 spiro atoms. The normalized spacial score (nSPS) is 11.4. The predicted molar refractivity (Wildman–Crippen MR) is 74.3 cm³/mol. The van der Waals surface area contributed by atoms with E-state index in [4.69, 9.17) is 9.94 Å². The smallest absolute Gasteiger partial charge is 0.354 e. The molecule has 1 rings (SSSR count). The van der Waals surface area contributed by atoms with Gasteiger partial charge in [-0.25, -0.2) is 4.79 Å². The van der Waals surface area contributed by atoms with Crippen molar-refractivity contribution in [3.8, 4) is 0 Å². The van der Waals surface area contributed by atoms with E-state index < -0.39 is 5.97 Å². The second kappa shape index (κ2) is 8.12. The molecular weight excluding hydrogens is 258 g/mol. The summed E-state index contributed by atoms with van der Waals surface area (Å²) < 4.78 is 0. The number of carbonyl (C=O) groups is 2. The van der Waals surface area contributed by atoms with Crippen molar-refractivity contribution in [1.29, 1.82) is 0 Å². The third kappa shape index (κ3) is 5.24. The minimum absolute atomic E-state index is 0.131. The molecule has 0 heterocycles. The summed E-state index contributed by atoms with van der Waals surface area (Å²) in [5.41, 5.74) is 0.692. The first-order chi connectivity index (χ1) is 9.54. The number of nitrogens with zero attached hydrogens (tertiary/aromatic N) is 1. The third-order valence-corrected chi connectivity index (χ3v) is 2.55. The van der Waals surface area contributed by atoms with Crippen molar-refractivity contribution in [2.24, 2.45) is 5.92 Å². The highest BCUT2D eigenvalue weighted by Gasteiger charge is 2.17. The lowest BCUT2D eigenvalue weighted by molar-refractivity contribution is -0.171. The fourth-order valence-corrected chi connectivity index (χ4v) is 1.49. The Hall–Kier alpha value is -2.14. The Morgan fingerprint density at radius 3 is 2.50 bits per heavy atom. The molecule has 0 atom stereocenters. The fraction of sp³-hybridized carbons (Fsp3) is 0.333. The van der Waals surface area contributed by atoms with E-state index in [-0.39, 0.29) is 12.3 Å². The highest BCUT2D eigenvalue weighted by Crippen LogP contribution is 2.11. The Kier molecular flexibility index (Phi) is 6.46. The fourth-order valence-electron chi connectivity index (χ4n) is 1.49. The zero-order valence-corrected chi connectivity index (χ0v) is 11.7. The number of hydroxylamine groups is 2. The summed E-state index contributed by atoms with van der Waals surface area (Å²) in [5, 5.41) is 9.90. The number of rotatable bonds is 8. The first-order valence-corrected chi connectivity index (χ1v) is 6.39. The van der Waals surface area contributed by atoms with Crippen LogP contribution in [0.5, 0.6) is 0 Å². The van der Waals surface area contributed by atoms with E-state index in [1.165, 1.54) is 6.08 Å². The Balaban J connectivity index is 2.73. The molecule has 0 fully saturated rings. The van der Waals surface area contributed by atoms with Crippen LogP contribution in [-0.4, -0.2) is 22.5 Å². The van der Waals surface area contributed by atoms with Crippen molar-refractivity contribution >= 4 is 12.4 Å². The van der Waals surface area contributed by atoms with Crippen molar-refractivity contribution in [3.63, 3.8) is 0 Å². The molecule has 5 heteroatoms. The first-order valence-electron chi connectivity index (χ1n) is 6.39. The van der Waals surface area contributed by atoms with Crippen LogP contribution >= 0.6 is 0 Å². The number of hydrogen-bond acceptors (Lipinski definition) is 3. The van der Waals surface area contributed by atoms with Gasteiger partial charge in [-0.05, 0) is 17.9 Å². The van der Waals surface area contributed by atoms with Gasteiger partial charge in [0, 0.05) is 0 Å². The molecule has 20 heavy (non-hydrogen) atoms. The van der Waals surface area contributed by atoms with Crippen molar-refractivity contribution in [2.75, 3.05) is 0 Å². The van der Waals surface area contributed by atoms with E-state index in [2.05, 4.69) is 0 Å². The maximum atomic E-state index is 11.2. The Morgan fingerprint density at radius 2 is 2.00 bits per heavy atom. The molecule has 0 aliphatic heterocycles. The molecule has 0 bridgehead atoms. The van der Waals surface area contributed by atoms with Crippen molar-refractivity contribution in [1.82, 2.24) is 5.06 Å². The molecule has 5 nitrogen and oxygen atoms in total. The molecule has 0 saturated heterocycles. The predicted octanol–water partition coefficient (Wildman–Crippen LogP) is 2.59. The standard InChI is InChI=1S/C15H19NO4/c1-12(2)8-9-14(15(18)19)16(11-17)20-10-13-6-4-3-5-7-13/h3-7,9,11-12H,8,10H2,1-2H3,(H,18,19)/b14-9+. The lowest BCUT2D eigenvalue weighted by Gasteiger charge is -2.17. The number of hydrogen-bond donors (Lipinski definition) is 1. The highest BCUT2D eigenvalue weighted by atomic mass is 16.7. The van der Waals surface area contributed by atoms with Crippen molar-refractivity contribution in [2.45, 2.75) is 26.9 Å². The van der Waals surface area contributed by atoms with Gasteiger partial charge in [-0.1, -0.05) is 50.3 Å². The summed E-state index contributed by atoms with van der Waals surface area (Å²) in [6.45, 7) is 4.06. The van der Waals surface area contributed by atoms with E-state index in [0.717, 1.165) is 10.6 Å². The summed E-state index contributed by atoms with van der Waals surface area (Å²) in [4.78, 5) is 27.4. The number of amides is 1. The summed E-state index contributed by atoms with van der Waals surface area (Å²) in [6, 6.07) is 9.22. The monoisotopic (exact) mass is 277 g/mol. The zero-order chi connectivity index (χ0) is 15.0. The molecule has 0 saturated carbocycles. The molecular formula is C15H19NO4. The molecule has 0 aliphatic carbocycles. The Bertz CT molecular complexity index is 468. The van der Waals surface area contributed by atoms with E-state index in [9.17, 15) is 9.59 Å². The summed E-state index contributed by atoms with van der Waals surface area (Å²) in [6.07, 6.45) is 2.41. The van der Waals surface area contributed by atoms with Crippen LogP contribution in [0.4, 0.5) is 0 Å². The second-order valence-corrected chi connectivity index (χ2v) is 4.71. The van der Waals surface area contributed by atoms with Gasteiger partial charge in [0.1, 0.15) is 6.61 Å². The van der Waals surface area contributed by atoms with Crippen molar-refractivity contribution in [3.05, 3.63) is 47.7 Å². The van der Waals surface area contributed by atoms with Crippen LogP contribution in [0.3, 0.4) is 0 Å². The molecule has 0 radical (unpaired) electrons. The molecule has 1 aromatic carbocycles. The zero-order valence-electron chi connectivity index (χ0n) is 11.7. The summed E-state index contributed by atoms with van der Waals surface area (Å²) >= 11 is 0. The van der Waals surface area contributed by atoms with Crippen LogP contribution in [-0.2, 0) is 21.0 Å². The maximum absolute atomic E-state index is 11.2. The average Bonchev–Trinajstić information content (AvgIpc) is 2.42. The summed E-state index contributed by atoms with van der Waals surface area (Å²) in [5.74, 6) is -0.891. The van der Waals surface area contributed by atoms with Gasteiger partial charge in [0.25, 0.3) is 0 Å². The minimum Gasteiger partial charge on any atom is -0.477 e. The van der Waals surface area contributed by atoms with Crippen LogP contribution in [0.15, 0.2) is 42.1 Å². The van der Waals surface area contributed by atoms with Gasteiger partial charge >= 0.3 is 5.97 Å². The molecule has 1 amide bonds. The van der Waals surface area contributed by atoms with Crippen LogP contribution in [0.1, 0.15) is 25.8 Å². The number of aliphatic carboxylic acids is 1. The topological polar surface area (TPSA) is 66.8 Å². The number of allylic oxidation sites excluding steroid dienone is 1. The Labute approximate surface area is 118 Å². The highest BCUT2D eigenvalue weighted by molar-refractivity contribution is 5.88. The van der Waals surface area contributed by atoms with Gasteiger partial charge in [0.05, 0.1) is 0 Å². The molecule has 0 aromatic heterocycles.